The summed E-state index contributed by atoms with van der Waals surface area (Å²) in [5.41, 5.74) is 2.19. The monoisotopic (exact) mass is 323 g/mol. The lowest BCUT2D eigenvalue weighted by Gasteiger charge is -2.25. The standard InChI is InChI=1S/C20H25N3O/c1-4-21-19(24)16-10-11-22-18(12-16)23-13-17(20(2,3)14-23)15-8-6-5-7-9-15/h5-12,17H,4,13-14H2,1-3H3,(H,21,24)/t17-/m1/s1. The Morgan fingerprint density at radius 2 is 2.04 bits per heavy atom. The maximum absolute atomic E-state index is 12.1. The van der Waals surface area contributed by atoms with E-state index < -0.39 is 0 Å². The third kappa shape index (κ3) is 3.28. The molecule has 0 unspecified atom stereocenters. The number of hydrogen-bond donors (Lipinski definition) is 1. The summed E-state index contributed by atoms with van der Waals surface area (Å²) in [5.74, 6) is 1.29. The van der Waals surface area contributed by atoms with Crippen molar-refractivity contribution in [3.05, 3.63) is 59.8 Å². The van der Waals surface area contributed by atoms with Crippen LogP contribution in [0.25, 0.3) is 0 Å². The van der Waals surface area contributed by atoms with Gasteiger partial charge in [0, 0.05) is 37.3 Å². The smallest absolute Gasteiger partial charge is 0.251 e. The number of amides is 1. The molecule has 1 amide bonds. The highest BCUT2D eigenvalue weighted by Gasteiger charge is 2.40. The summed E-state index contributed by atoms with van der Waals surface area (Å²) in [7, 11) is 0. The molecule has 0 radical (unpaired) electrons. The normalized spacial score (nSPS) is 19.3. The number of rotatable bonds is 4. The first-order valence-electron chi connectivity index (χ1n) is 8.55. The van der Waals surface area contributed by atoms with Gasteiger partial charge in [0.25, 0.3) is 5.91 Å². The second kappa shape index (κ2) is 6.63. The molecule has 1 fully saturated rings. The van der Waals surface area contributed by atoms with E-state index in [0.29, 0.717) is 18.0 Å². The van der Waals surface area contributed by atoms with Crippen molar-refractivity contribution >= 4 is 11.7 Å². The molecule has 0 bridgehead atoms. The molecule has 1 aliphatic heterocycles. The van der Waals surface area contributed by atoms with E-state index in [1.165, 1.54) is 5.56 Å². The van der Waals surface area contributed by atoms with Crippen LogP contribution < -0.4 is 10.2 Å². The lowest BCUT2D eigenvalue weighted by atomic mass is 9.78. The van der Waals surface area contributed by atoms with Crippen LogP contribution in [-0.2, 0) is 0 Å². The van der Waals surface area contributed by atoms with Crippen molar-refractivity contribution in [2.24, 2.45) is 5.41 Å². The van der Waals surface area contributed by atoms with Crippen molar-refractivity contribution in [3.63, 3.8) is 0 Å². The molecular weight excluding hydrogens is 298 g/mol. The number of carbonyl (C=O) groups excluding carboxylic acids is 1. The zero-order valence-electron chi connectivity index (χ0n) is 14.6. The first-order chi connectivity index (χ1) is 11.5. The van der Waals surface area contributed by atoms with Gasteiger partial charge in [0.2, 0.25) is 0 Å². The van der Waals surface area contributed by atoms with Crippen molar-refractivity contribution in [1.82, 2.24) is 10.3 Å². The van der Waals surface area contributed by atoms with Gasteiger partial charge in [-0.3, -0.25) is 4.79 Å². The Balaban J connectivity index is 1.84. The van der Waals surface area contributed by atoms with Gasteiger partial charge >= 0.3 is 0 Å². The average molecular weight is 323 g/mol. The molecule has 1 atom stereocenters. The average Bonchev–Trinajstić information content (AvgIpc) is 2.91. The van der Waals surface area contributed by atoms with E-state index in [0.717, 1.165) is 18.9 Å². The number of aromatic nitrogens is 1. The molecule has 24 heavy (non-hydrogen) atoms. The lowest BCUT2D eigenvalue weighted by molar-refractivity contribution is 0.0955. The van der Waals surface area contributed by atoms with Gasteiger partial charge < -0.3 is 10.2 Å². The quantitative estimate of drug-likeness (QED) is 0.937. The number of anilines is 1. The topological polar surface area (TPSA) is 45.2 Å². The summed E-state index contributed by atoms with van der Waals surface area (Å²) in [4.78, 5) is 18.9. The van der Waals surface area contributed by atoms with E-state index in [2.05, 4.69) is 59.4 Å². The molecule has 1 N–H and O–H groups in total. The predicted molar refractivity (Wildman–Crippen MR) is 97.4 cm³/mol. The molecule has 126 valence electrons. The number of benzene rings is 1. The number of nitrogens with one attached hydrogen (secondary N) is 1. The Kier molecular flexibility index (Phi) is 4.56. The summed E-state index contributed by atoms with van der Waals surface area (Å²) >= 11 is 0. The highest BCUT2D eigenvalue weighted by atomic mass is 16.1. The van der Waals surface area contributed by atoms with Crippen molar-refractivity contribution in [2.75, 3.05) is 24.5 Å². The second-order valence-corrected chi connectivity index (χ2v) is 7.09. The molecule has 2 aromatic rings. The van der Waals surface area contributed by atoms with Gasteiger partial charge in [-0.05, 0) is 30.0 Å². The van der Waals surface area contributed by atoms with E-state index in [1.807, 2.05) is 13.0 Å². The minimum atomic E-state index is -0.0424. The molecular formula is C20H25N3O. The fraction of sp³-hybridized carbons (Fsp3) is 0.400. The second-order valence-electron chi connectivity index (χ2n) is 7.09. The summed E-state index contributed by atoms with van der Waals surface area (Å²) in [6, 6.07) is 14.3. The van der Waals surface area contributed by atoms with Gasteiger partial charge in [-0.15, -0.1) is 0 Å². The maximum Gasteiger partial charge on any atom is 0.251 e. The van der Waals surface area contributed by atoms with Crippen LogP contribution in [0.3, 0.4) is 0 Å². The Bertz CT molecular complexity index is 712. The molecule has 1 saturated heterocycles. The predicted octanol–water partition coefficient (Wildman–Crippen LogP) is 3.46. The fourth-order valence-electron chi connectivity index (χ4n) is 3.55. The largest absolute Gasteiger partial charge is 0.355 e. The van der Waals surface area contributed by atoms with E-state index in [4.69, 9.17) is 0 Å². The Labute approximate surface area is 143 Å². The Hall–Kier alpha value is -2.36. The fourth-order valence-corrected chi connectivity index (χ4v) is 3.55. The van der Waals surface area contributed by atoms with Crippen LogP contribution in [0.4, 0.5) is 5.82 Å². The lowest BCUT2D eigenvalue weighted by Crippen LogP contribution is -2.25. The molecule has 3 rings (SSSR count). The zero-order valence-corrected chi connectivity index (χ0v) is 14.6. The molecule has 0 spiro atoms. The first kappa shape index (κ1) is 16.5. The Morgan fingerprint density at radius 3 is 2.75 bits per heavy atom. The SMILES string of the molecule is CCNC(=O)c1ccnc(N2C[C@H](c3ccccc3)C(C)(C)C2)c1. The third-order valence-corrected chi connectivity index (χ3v) is 4.82. The highest BCUT2D eigenvalue weighted by molar-refractivity contribution is 5.94. The van der Waals surface area contributed by atoms with Crippen LogP contribution in [0, 0.1) is 5.41 Å². The van der Waals surface area contributed by atoms with Gasteiger partial charge in [0.1, 0.15) is 5.82 Å². The summed E-state index contributed by atoms with van der Waals surface area (Å²) in [6.07, 6.45) is 1.72. The van der Waals surface area contributed by atoms with Gasteiger partial charge in [0.05, 0.1) is 0 Å². The molecule has 0 aliphatic carbocycles. The minimum Gasteiger partial charge on any atom is -0.355 e. The van der Waals surface area contributed by atoms with Crippen LogP contribution >= 0.6 is 0 Å². The maximum atomic E-state index is 12.1. The van der Waals surface area contributed by atoms with Crippen molar-refractivity contribution in [2.45, 2.75) is 26.7 Å². The zero-order chi connectivity index (χ0) is 17.2. The van der Waals surface area contributed by atoms with Crippen molar-refractivity contribution < 1.29 is 4.79 Å². The van der Waals surface area contributed by atoms with Crippen LogP contribution in [0.15, 0.2) is 48.7 Å². The molecule has 2 heterocycles. The van der Waals surface area contributed by atoms with Crippen LogP contribution in [0.2, 0.25) is 0 Å². The number of hydrogen-bond acceptors (Lipinski definition) is 3. The Morgan fingerprint density at radius 1 is 1.29 bits per heavy atom. The third-order valence-electron chi connectivity index (χ3n) is 4.82. The molecule has 4 nitrogen and oxygen atoms in total. The molecule has 1 aromatic heterocycles. The molecule has 1 aromatic carbocycles. The van der Waals surface area contributed by atoms with Crippen molar-refractivity contribution in [3.8, 4) is 0 Å². The number of pyridine rings is 1. The van der Waals surface area contributed by atoms with Gasteiger partial charge in [-0.1, -0.05) is 44.2 Å². The number of carbonyl (C=O) groups is 1. The van der Waals surface area contributed by atoms with Crippen LogP contribution in [0.1, 0.15) is 42.6 Å². The van der Waals surface area contributed by atoms with Crippen molar-refractivity contribution in [1.29, 1.82) is 0 Å². The molecule has 0 saturated carbocycles. The van der Waals surface area contributed by atoms with Crippen LogP contribution in [0.5, 0.6) is 0 Å². The summed E-state index contributed by atoms with van der Waals surface area (Å²) < 4.78 is 0. The van der Waals surface area contributed by atoms with Gasteiger partial charge in [-0.25, -0.2) is 4.98 Å². The minimum absolute atomic E-state index is 0.0424. The summed E-state index contributed by atoms with van der Waals surface area (Å²) in [6.45, 7) is 9.01. The van der Waals surface area contributed by atoms with E-state index in [9.17, 15) is 4.79 Å². The van der Waals surface area contributed by atoms with E-state index in [-0.39, 0.29) is 11.3 Å². The molecule has 4 heteroatoms. The van der Waals surface area contributed by atoms with E-state index in [1.54, 1.807) is 12.3 Å². The van der Waals surface area contributed by atoms with E-state index >= 15 is 0 Å². The van der Waals surface area contributed by atoms with Gasteiger partial charge in [0.15, 0.2) is 0 Å². The molecule has 1 aliphatic rings. The number of nitrogens with zero attached hydrogens (tertiary/aromatic N) is 2. The van der Waals surface area contributed by atoms with Crippen LogP contribution in [-0.4, -0.2) is 30.5 Å². The van der Waals surface area contributed by atoms with Gasteiger partial charge in [-0.2, -0.15) is 0 Å². The highest BCUT2D eigenvalue weighted by Crippen LogP contribution is 2.43. The summed E-state index contributed by atoms with van der Waals surface area (Å²) in [5, 5.41) is 2.85. The first-order valence-corrected chi connectivity index (χ1v) is 8.55.